The van der Waals surface area contributed by atoms with Crippen LogP contribution in [0.4, 0.5) is 0 Å². The van der Waals surface area contributed by atoms with Crippen LogP contribution >= 0.6 is 12.2 Å². The molecule has 0 aliphatic heterocycles. The average molecular weight is 323 g/mol. The molecule has 0 aromatic heterocycles. The minimum atomic E-state index is 0.258. The van der Waals surface area contributed by atoms with Crippen molar-refractivity contribution >= 4 is 17.3 Å². The van der Waals surface area contributed by atoms with E-state index in [1.165, 1.54) is 17.5 Å². The fraction of sp³-hybridized carbons (Fsp3) is 0.611. The summed E-state index contributed by atoms with van der Waals surface area (Å²) in [5.74, 6) is 0.616. The first-order valence-electron chi connectivity index (χ1n) is 8.25. The highest BCUT2D eigenvalue weighted by atomic mass is 32.1. The van der Waals surface area contributed by atoms with E-state index in [0.29, 0.717) is 11.0 Å². The summed E-state index contributed by atoms with van der Waals surface area (Å²) in [5, 5.41) is 7.35. The third kappa shape index (κ3) is 6.32. The van der Waals surface area contributed by atoms with Gasteiger partial charge in [-0.15, -0.1) is 0 Å². The van der Waals surface area contributed by atoms with E-state index in [1.54, 1.807) is 7.11 Å². The SMILES string of the molecule is CC[C@@H](C)c1ccc([C@H](CC)NC(=S)NCCCOC)cc1. The van der Waals surface area contributed by atoms with E-state index >= 15 is 0 Å². The van der Waals surface area contributed by atoms with E-state index in [1.807, 2.05) is 0 Å². The lowest BCUT2D eigenvalue weighted by Crippen LogP contribution is -2.38. The third-order valence-electron chi connectivity index (χ3n) is 4.04. The second-order valence-corrected chi connectivity index (χ2v) is 6.09. The Bertz CT molecular complexity index is 433. The van der Waals surface area contributed by atoms with Gasteiger partial charge in [-0.1, -0.05) is 45.0 Å². The van der Waals surface area contributed by atoms with Gasteiger partial charge in [-0.25, -0.2) is 0 Å². The molecule has 0 bridgehead atoms. The molecule has 4 heteroatoms. The summed E-state index contributed by atoms with van der Waals surface area (Å²) in [5.41, 5.74) is 2.69. The van der Waals surface area contributed by atoms with E-state index in [0.717, 1.165) is 26.0 Å². The van der Waals surface area contributed by atoms with E-state index in [9.17, 15) is 0 Å². The minimum Gasteiger partial charge on any atom is -0.385 e. The largest absolute Gasteiger partial charge is 0.385 e. The highest BCUT2D eigenvalue weighted by Gasteiger charge is 2.11. The molecular weight excluding hydrogens is 292 g/mol. The van der Waals surface area contributed by atoms with E-state index in [-0.39, 0.29) is 6.04 Å². The Kier molecular flexibility index (Phi) is 9.09. The Morgan fingerprint density at radius 1 is 1.14 bits per heavy atom. The maximum Gasteiger partial charge on any atom is 0.166 e. The zero-order valence-electron chi connectivity index (χ0n) is 14.3. The number of nitrogens with one attached hydrogen (secondary N) is 2. The summed E-state index contributed by atoms with van der Waals surface area (Å²) in [6.45, 7) is 8.26. The van der Waals surface area contributed by atoms with Crippen LogP contribution in [0.2, 0.25) is 0 Å². The van der Waals surface area contributed by atoms with Crippen molar-refractivity contribution < 1.29 is 4.74 Å². The lowest BCUT2D eigenvalue weighted by Gasteiger charge is -2.21. The number of hydrogen-bond donors (Lipinski definition) is 2. The van der Waals surface area contributed by atoms with Crippen LogP contribution in [0.25, 0.3) is 0 Å². The average Bonchev–Trinajstić information content (AvgIpc) is 2.56. The van der Waals surface area contributed by atoms with Crippen molar-refractivity contribution in [1.29, 1.82) is 0 Å². The normalized spacial score (nSPS) is 13.5. The fourth-order valence-corrected chi connectivity index (χ4v) is 2.59. The monoisotopic (exact) mass is 322 g/mol. The summed E-state index contributed by atoms with van der Waals surface area (Å²) < 4.78 is 5.03. The maximum absolute atomic E-state index is 5.37. The molecule has 1 rings (SSSR count). The number of benzene rings is 1. The predicted molar refractivity (Wildman–Crippen MR) is 98.4 cm³/mol. The van der Waals surface area contributed by atoms with Crippen molar-refractivity contribution in [3.8, 4) is 0 Å². The lowest BCUT2D eigenvalue weighted by atomic mass is 9.95. The number of ether oxygens (including phenoxy) is 1. The van der Waals surface area contributed by atoms with Crippen molar-refractivity contribution in [1.82, 2.24) is 10.6 Å². The number of rotatable bonds is 9. The van der Waals surface area contributed by atoms with Crippen molar-refractivity contribution in [2.75, 3.05) is 20.3 Å². The second kappa shape index (κ2) is 10.6. The molecule has 22 heavy (non-hydrogen) atoms. The summed E-state index contributed by atoms with van der Waals surface area (Å²) in [6.07, 6.45) is 3.13. The van der Waals surface area contributed by atoms with Crippen LogP contribution < -0.4 is 10.6 Å². The molecule has 2 N–H and O–H groups in total. The quantitative estimate of drug-likeness (QED) is 0.528. The number of thiocarbonyl (C=S) groups is 1. The van der Waals surface area contributed by atoms with Crippen LogP contribution in [-0.2, 0) is 4.74 Å². The molecule has 0 aliphatic carbocycles. The first-order valence-corrected chi connectivity index (χ1v) is 8.66. The van der Waals surface area contributed by atoms with Crippen LogP contribution in [0.15, 0.2) is 24.3 Å². The Balaban J connectivity index is 2.54. The predicted octanol–water partition coefficient (Wildman–Crippen LogP) is 4.15. The molecule has 0 aliphatic rings. The van der Waals surface area contributed by atoms with Gasteiger partial charge in [0, 0.05) is 20.3 Å². The lowest BCUT2D eigenvalue weighted by molar-refractivity contribution is 0.195. The zero-order valence-corrected chi connectivity index (χ0v) is 15.1. The van der Waals surface area contributed by atoms with Gasteiger partial charge >= 0.3 is 0 Å². The zero-order chi connectivity index (χ0) is 16.4. The van der Waals surface area contributed by atoms with Crippen LogP contribution in [0.5, 0.6) is 0 Å². The van der Waals surface area contributed by atoms with Crippen LogP contribution in [0.3, 0.4) is 0 Å². The molecule has 0 saturated carbocycles. The van der Waals surface area contributed by atoms with Gasteiger partial charge in [-0.05, 0) is 48.5 Å². The summed E-state index contributed by atoms with van der Waals surface area (Å²) in [6, 6.07) is 9.17. The molecule has 0 spiro atoms. The molecule has 1 aromatic carbocycles. The summed E-state index contributed by atoms with van der Waals surface area (Å²) >= 11 is 5.37. The Morgan fingerprint density at radius 3 is 2.32 bits per heavy atom. The molecule has 0 fully saturated rings. The smallest absolute Gasteiger partial charge is 0.166 e. The summed E-state index contributed by atoms with van der Waals surface area (Å²) in [7, 11) is 1.72. The highest BCUT2D eigenvalue weighted by molar-refractivity contribution is 7.80. The van der Waals surface area contributed by atoms with Crippen molar-refractivity contribution in [2.24, 2.45) is 0 Å². The molecular formula is C18H30N2OS. The van der Waals surface area contributed by atoms with Crippen molar-refractivity contribution in [2.45, 2.75) is 52.0 Å². The van der Waals surface area contributed by atoms with E-state index in [4.69, 9.17) is 17.0 Å². The van der Waals surface area contributed by atoms with Crippen molar-refractivity contribution in [3.63, 3.8) is 0 Å². The number of hydrogen-bond acceptors (Lipinski definition) is 2. The van der Waals surface area contributed by atoms with Gasteiger partial charge < -0.3 is 15.4 Å². The Morgan fingerprint density at radius 2 is 1.77 bits per heavy atom. The molecule has 3 nitrogen and oxygen atoms in total. The van der Waals surface area contributed by atoms with Gasteiger partial charge in [0.05, 0.1) is 6.04 Å². The van der Waals surface area contributed by atoms with Crippen LogP contribution in [0.1, 0.15) is 63.1 Å². The van der Waals surface area contributed by atoms with Gasteiger partial charge in [0.1, 0.15) is 0 Å². The van der Waals surface area contributed by atoms with E-state index < -0.39 is 0 Å². The van der Waals surface area contributed by atoms with E-state index in [2.05, 4.69) is 55.7 Å². The van der Waals surface area contributed by atoms with Gasteiger partial charge in [-0.3, -0.25) is 0 Å². The maximum atomic E-state index is 5.37. The van der Waals surface area contributed by atoms with Crippen LogP contribution in [0, 0.1) is 0 Å². The number of methoxy groups -OCH3 is 1. The molecule has 1 aromatic rings. The molecule has 0 saturated heterocycles. The summed E-state index contributed by atoms with van der Waals surface area (Å²) in [4.78, 5) is 0. The minimum absolute atomic E-state index is 0.258. The van der Waals surface area contributed by atoms with Gasteiger partial charge in [0.25, 0.3) is 0 Å². The topological polar surface area (TPSA) is 33.3 Å². The fourth-order valence-electron chi connectivity index (χ4n) is 2.34. The molecule has 0 heterocycles. The first kappa shape index (κ1) is 18.9. The highest BCUT2D eigenvalue weighted by Crippen LogP contribution is 2.22. The van der Waals surface area contributed by atoms with Gasteiger partial charge in [0.2, 0.25) is 0 Å². The second-order valence-electron chi connectivity index (χ2n) is 5.68. The third-order valence-corrected chi connectivity index (χ3v) is 4.31. The molecule has 2 atom stereocenters. The van der Waals surface area contributed by atoms with Crippen molar-refractivity contribution in [3.05, 3.63) is 35.4 Å². The standard InChI is InChI=1S/C18H30N2OS/c1-5-14(3)15-8-10-16(11-9-15)17(6-2)20-18(22)19-12-7-13-21-4/h8-11,14,17H,5-7,12-13H2,1-4H3,(H2,19,20,22)/t14-,17+/m1/s1. The van der Waals surface area contributed by atoms with Gasteiger partial charge in [-0.2, -0.15) is 0 Å². The molecule has 0 radical (unpaired) electrons. The Labute approximate surface area is 140 Å². The first-order chi connectivity index (χ1) is 10.6. The molecule has 124 valence electrons. The van der Waals surface area contributed by atoms with Crippen LogP contribution in [-0.4, -0.2) is 25.4 Å². The molecule has 0 amide bonds. The molecule has 0 unspecified atom stereocenters. The Hall–Kier alpha value is -1.13. The van der Waals surface area contributed by atoms with Gasteiger partial charge in [0.15, 0.2) is 5.11 Å².